The summed E-state index contributed by atoms with van der Waals surface area (Å²) >= 11 is 0. The molecule has 0 spiro atoms. The lowest BCUT2D eigenvalue weighted by molar-refractivity contribution is -0.119. The predicted octanol–water partition coefficient (Wildman–Crippen LogP) is 1.54. The maximum atomic E-state index is 10.7. The van der Waals surface area contributed by atoms with Gasteiger partial charge in [-0.2, -0.15) is 0 Å². The van der Waals surface area contributed by atoms with Crippen LogP contribution in [-0.2, 0) is 4.79 Å². The molecule has 1 atom stereocenters. The van der Waals surface area contributed by atoms with Crippen LogP contribution in [0.3, 0.4) is 0 Å². The first-order chi connectivity index (χ1) is 3.72. The normalized spacial score (nSPS) is 28.5. The fourth-order valence-corrected chi connectivity index (χ4v) is 0.869. The second-order valence-electron chi connectivity index (χ2n) is 2.34. The minimum Gasteiger partial charge on any atom is -0.299 e. The number of ketones is 1. The summed E-state index contributed by atoms with van der Waals surface area (Å²) in [6.07, 6.45) is 2.67. The number of carbonyl (C=O) groups is 1. The van der Waals surface area contributed by atoms with E-state index in [2.05, 4.69) is 0 Å². The van der Waals surface area contributed by atoms with Crippen LogP contribution in [0.25, 0.3) is 0 Å². The lowest BCUT2D eigenvalue weighted by Gasteiger charge is -1.98. The van der Waals surface area contributed by atoms with Crippen molar-refractivity contribution in [3.05, 3.63) is 11.6 Å². The number of allylic oxidation sites excluding steroid dienone is 2. The molecule has 0 radical (unpaired) electrons. The van der Waals surface area contributed by atoms with Crippen molar-refractivity contribution in [3.63, 3.8) is 0 Å². The van der Waals surface area contributed by atoms with Crippen LogP contribution >= 0.6 is 0 Å². The van der Waals surface area contributed by atoms with E-state index in [1.54, 1.807) is 0 Å². The molecule has 0 saturated carbocycles. The number of Topliss-reactive ketones (excluding diaryl/α,β-unsaturated/α-hetero) is 1. The summed E-state index contributed by atoms with van der Waals surface area (Å²) in [5.74, 6) is 0.567. The van der Waals surface area contributed by atoms with E-state index in [0.717, 1.165) is 0 Å². The van der Waals surface area contributed by atoms with Gasteiger partial charge in [0.2, 0.25) is 0 Å². The first kappa shape index (κ1) is 5.54. The molecule has 8 heavy (non-hydrogen) atoms. The van der Waals surface area contributed by atoms with Gasteiger partial charge in [-0.3, -0.25) is 4.79 Å². The van der Waals surface area contributed by atoms with Crippen LogP contribution in [0.15, 0.2) is 11.6 Å². The molecule has 1 heteroatoms. The molecular weight excluding hydrogens is 100 g/mol. The van der Waals surface area contributed by atoms with Crippen molar-refractivity contribution in [2.24, 2.45) is 5.92 Å². The zero-order valence-electron chi connectivity index (χ0n) is 5.27. The lowest BCUT2D eigenvalue weighted by Crippen LogP contribution is -2.02. The Morgan fingerprint density at radius 3 is 2.50 bits per heavy atom. The van der Waals surface area contributed by atoms with Gasteiger partial charge in [-0.25, -0.2) is 0 Å². The second kappa shape index (κ2) is 1.73. The first-order valence-electron chi connectivity index (χ1n) is 2.91. The van der Waals surface area contributed by atoms with Gasteiger partial charge in [-0.1, -0.05) is 18.6 Å². The van der Waals surface area contributed by atoms with Crippen LogP contribution in [0, 0.1) is 5.92 Å². The third-order valence-corrected chi connectivity index (χ3v) is 1.79. The van der Waals surface area contributed by atoms with Crippen molar-refractivity contribution in [1.82, 2.24) is 0 Å². The van der Waals surface area contributed by atoms with Crippen molar-refractivity contribution in [1.29, 1.82) is 0 Å². The Hall–Kier alpha value is -0.590. The van der Waals surface area contributed by atoms with E-state index >= 15 is 0 Å². The minimum atomic E-state index is 0.204. The topological polar surface area (TPSA) is 17.1 Å². The standard InChI is InChI=1S/C7H10O/c1-5-3-4-7(8)6(5)2/h3,6H,4H2,1-2H3. The number of hydrogen-bond acceptors (Lipinski definition) is 1. The molecule has 0 aromatic rings. The Balaban J connectivity index is 2.72. The molecular formula is C7H10O. The highest BCUT2D eigenvalue weighted by molar-refractivity contribution is 5.87. The predicted molar refractivity (Wildman–Crippen MR) is 32.5 cm³/mol. The number of rotatable bonds is 0. The smallest absolute Gasteiger partial charge is 0.143 e. The maximum Gasteiger partial charge on any atom is 0.143 e. The second-order valence-corrected chi connectivity index (χ2v) is 2.34. The van der Waals surface area contributed by atoms with E-state index in [0.29, 0.717) is 12.2 Å². The fourth-order valence-electron chi connectivity index (χ4n) is 0.869. The van der Waals surface area contributed by atoms with Crippen LogP contribution in [0.2, 0.25) is 0 Å². The SMILES string of the molecule is CC1=CCC(=O)C1C. The highest BCUT2D eigenvalue weighted by Gasteiger charge is 2.18. The molecule has 0 aliphatic heterocycles. The minimum absolute atomic E-state index is 0.204. The van der Waals surface area contributed by atoms with Gasteiger partial charge in [-0.15, -0.1) is 0 Å². The van der Waals surface area contributed by atoms with Gasteiger partial charge in [0.1, 0.15) is 5.78 Å². The zero-order valence-corrected chi connectivity index (χ0v) is 5.27. The van der Waals surface area contributed by atoms with Gasteiger partial charge in [0, 0.05) is 12.3 Å². The largest absolute Gasteiger partial charge is 0.299 e. The highest BCUT2D eigenvalue weighted by Crippen LogP contribution is 2.20. The molecule has 0 amide bonds. The molecule has 0 aromatic heterocycles. The molecule has 1 aliphatic rings. The van der Waals surface area contributed by atoms with E-state index < -0.39 is 0 Å². The monoisotopic (exact) mass is 110 g/mol. The molecule has 0 saturated heterocycles. The van der Waals surface area contributed by atoms with Crippen LogP contribution in [-0.4, -0.2) is 5.78 Å². The van der Waals surface area contributed by atoms with Gasteiger partial charge in [0.25, 0.3) is 0 Å². The van der Waals surface area contributed by atoms with Crippen molar-refractivity contribution in [2.45, 2.75) is 20.3 Å². The number of hydrogen-bond donors (Lipinski definition) is 0. The lowest BCUT2D eigenvalue weighted by atomic mass is 10.1. The van der Waals surface area contributed by atoms with Crippen molar-refractivity contribution in [2.75, 3.05) is 0 Å². The molecule has 0 aromatic carbocycles. The molecule has 0 heterocycles. The van der Waals surface area contributed by atoms with Crippen LogP contribution in [0.1, 0.15) is 20.3 Å². The molecule has 44 valence electrons. The van der Waals surface area contributed by atoms with Crippen molar-refractivity contribution >= 4 is 5.78 Å². The van der Waals surface area contributed by atoms with Crippen molar-refractivity contribution < 1.29 is 4.79 Å². The summed E-state index contributed by atoms with van der Waals surface area (Å²) in [6, 6.07) is 0. The summed E-state index contributed by atoms with van der Waals surface area (Å²) < 4.78 is 0. The fraction of sp³-hybridized carbons (Fsp3) is 0.571. The average Bonchev–Trinajstić information content (AvgIpc) is 1.98. The average molecular weight is 110 g/mol. The Bertz CT molecular complexity index is 144. The summed E-state index contributed by atoms with van der Waals surface area (Å²) in [7, 11) is 0. The third kappa shape index (κ3) is 0.683. The van der Waals surface area contributed by atoms with E-state index in [1.807, 2.05) is 19.9 Å². The summed E-state index contributed by atoms with van der Waals surface area (Å²) in [4.78, 5) is 10.7. The third-order valence-electron chi connectivity index (χ3n) is 1.79. The number of carbonyl (C=O) groups excluding carboxylic acids is 1. The molecule has 1 unspecified atom stereocenters. The van der Waals surface area contributed by atoms with Crippen LogP contribution in [0.5, 0.6) is 0 Å². The van der Waals surface area contributed by atoms with Crippen molar-refractivity contribution in [3.8, 4) is 0 Å². The molecule has 0 bridgehead atoms. The summed E-state index contributed by atoms with van der Waals surface area (Å²) in [5, 5.41) is 0. The van der Waals surface area contributed by atoms with Gasteiger partial charge >= 0.3 is 0 Å². The molecule has 1 nitrogen and oxygen atoms in total. The van der Waals surface area contributed by atoms with Crippen LogP contribution in [0.4, 0.5) is 0 Å². The Labute approximate surface area is 49.4 Å². The van der Waals surface area contributed by atoms with E-state index in [-0.39, 0.29) is 5.92 Å². The maximum absolute atomic E-state index is 10.7. The quantitative estimate of drug-likeness (QED) is 0.432. The van der Waals surface area contributed by atoms with Gasteiger partial charge in [0.05, 0.1) is 0 Å². The van der Waals surface area contributed by atoms with E-state index in [4.69, 9.17) is 0 Å². The van der Waals surface area contributed by atoms with Gasteiger partial charge < -0.3 is 0 Å². The molecule has 1 aliphatic carbocycles. The first-order valence-corrected chi connectivity index (χ1v) is 2.91. The van der Waals surface area contributed by atoms with Crippen LogP contribution < -0.4 is 0 Å². The zero-order chi connectivity index (χ0) is 6.15. The van der Waals surface area contributed by atoms with Gasteiger partial charge in [-0.05, 0) is 6.92 Å². The Morgan fingerprint density at radius 2 is 2.38 bits per heavy atom. The highest BCUT2D eigenvalue weighted by atomic mass is 16.1. The van der Waals surface area contributed by atoms with Gasteiger partial charge in [0.15, 0.2) is 0 Å². The van der Waals surface area contributed by atoms with E-state index in [1.165, 1.54) is 5.57 Å². The molecule has 1 rings (SSSR count). The summed E-state index contributed by atoms with van der Waals surface area (Å²) in [5.41, 5.74) is 1.23. The molecule has 0 fully saturated rings. The Kier molecular flexibility index (Phi) is 1.20. The van der Waals surface area contributed by atoms with E-state index in [9.17, 15) is 4.79 Å². The molecule has 0 N–H and O–H groups in total. The Morgan fingerprint density at radius 1 is 1.75 bits per heavy atom. The summed E-state index contributed by atoms with van der Waals surface area (Å²) in [6.45, 7) is 3.97.